The Balaban J connectivity index is 0.00000116. The van der Waals surface area contributed by atoms with Crippen LogP contribution >= 0.6 is 8.25 Å². The molecule has 0 aliphatic heterocycles. The summed E-state index contributed by atoms with van der Waals surface area (Å²) in [5, 5.41) is 6.26. The molecule has 0 fully saturated rings. The molecule has 0 aliphatic rings. The van der Waals surface area contributed by atoms with Crippen LogP contribution in [0.4, 0.5) is 0 Å². The minimum atomic E-state index is -5.01. The third kappa shape index (κ3) is 23.1. The Bertz CT molecular complexity index is 2450. The molecule has 3 atom stereocenters. The molecule has 0 amide bonds. The van der Waals surface area contributed by atoms with Gasteiger partial charge < -0.3 is 18.6 Å². The number of carbonyl (C=O) groups is 2. The number of nitrogens with zero attached hydrogens (tertiary/aromatic N) is 4. The van der Waals surface area contributed by atoms with Crippen LogP contribution < -0.4 is 59.1 Å². The van der Waals surface area contributed by atoms with Gasteiger partial charge in [-0.2, -0.15) is 8.42 Å². The number of benzene rings is 2. The van der Waals surface area contributed by atoms with Crippen LogP contribution in [-0.4, -0.2) is 99.3 Å². The van der Waals surface area contributed by atoms with Crippen LogP contribution in [0.3, 0.4) is 0 Å². The summed E-state index contributed by atoms with van der Waals surface area (Å²) < 4.78 is 119. The van der Waals surface area contributed by atoms with E-state index in [2.05, 4.69) is 34.0 Å². The molecule has 0 radical (unpaired) electrons. The van der Waals surface area contributed by atoms with Crippen LogP contribution in [0.25, 0.3) is 34.0 Å². The van der Waals surface area contributed by atoms with Crippen molar-refractivity contribution in [2.45, 2.75) is 101 Å². The molecule has 2 aromatic carbocycles. The summed E-state index contributed by atoms with van der Waals surface area (Å²) in [6.45, 7) is 8.26. The molecule has 0 saturated carbocycles. The van der Waals surface area contributed by atoms with Gasteiger partial charge >= 0.3 is 79.3 Å². The summed E-state index contributed by atoms with van der Waals surface area (Å²) in [7, 11) is -16.9. The van der Waals surface area contributed by atoms with E-state index in [4.69, 9.17) is 23.8 Å². The van der Waals surface area contributed by atoms with Crippen LogP contribution in [0.5, 0.6) is 0 Å². The first kappa shape index (κ1) is 63.3. The Kier molecular flexibility index (Phi) is 30.1. The molecule has 2 heterocycles. The number of rotatable bonds is 21. The molecule has 2 aromatic heterocycles. The third-order valence-electron chi connectivity index (χ3n) is 9.41. The standard InChI is InChI=1S/C20H14N4O6S2.C20H38O7S.2Na.HO3P/c25-31(26,27)15-8-4-13(5-9-15)18-19(14-6-10-16(11-7-14)32(28,29)30)23-24-20(22-18)17-3-1-2-12-21-17;1-5-9-11-16(7-3)14-26-19(21)13-18(28(23,24)25)20(22)27-15-17(8-4)12-10-6-2;;;1-4(2)3/h1-12H,(H,25,26,27)(H,28,29,30);16-18H,5-15H2,1-4H3,(H,23,24,25);;;(H-,1,2,3)/q;;2*+1;/p-1. The minimum absolute atomic E-state index is 0. The number of ether oxygens (including phenoxy) is 2. The van der Waals surface area contributed by atoms with Gasteiger partial charge in [0.25, 0.3) is 10.1 Å². The van der Waals surface area contributed by atoms with Crippen molar-refractivity contribution in [3.05, 3.63) is 72.9 Å². The molecule has 352 valence electrons. The van der Waals surface area contributed by atoms with Gasteiger partial charge in [0.1, 0.15) is 37.3 Å². The number of aromatic nitrogens is 4. The van der Waals surface area contributed by atoms with Gasteiger partial charge in [0.15, 0.2) is 5.25 Å². The summed E-state index contributed by atoms with van der Waals surface area (Å²) in [5.41, 5.74) is 1.91. The number of hydrogen-bond acceptors (Lipinski definition) is 17. The molecule has 0 aliphatic carbocycles. The molecular weight excluding hydrogens is 966 g/mol. The van der Waals surface area contributed by atoms with E-state index in [-0.39, 0.29) is 101 Å². The van der Waals surface area contributed by atoms with E-state index in [1.807, 2.05) is 13.8 Å². The Morgan fingerprint density at radius 1 is 0.712 bits per heavy atom. The van der Waals surface area contributed by atoms with Crippen molar-refractivity contribution in [3.8, 4) is 34.0 Å². The normalized spacial score (nSPS) is 12.5. The quantitative estimate of drug-likeness (QED) is 0.0423. The predicted molar refractivity (Wildman–Crippen MR) is 230 cm³/mol. The third-order valence-corrected chi connectivity index (χ3v) is 12.2. The Morgan fingerprint density at radius 2 is 1.20 bits per heavy atom. The Morgan fingerprint density at radius 3 is 1.62 bits per heavy atom. The second-order valence-corrected chi connectivity index (χ2v) is 19.0. The number of carbonyl (C=O) groups excluding carboxylic acids is 2. The maximum Gasteiger partial charge on any atom is 1.00 e. The van der Waals surface area contributed by atoms with Crippen molar-refractivity contribution < 1.29 is 131 Å². The van der Waals surface area contributed by atoms with Crippen molar-refractivity contribution in [1.82, 2.24) is 20.2 Å². The number of unbranched alkanes of at least 4 members (excludes halogenated alkanes) is 2. The van der Waals surface area contributed by atoms with Gasteiger partial charge in [-0.1, -0.05) is 96.6 Å². The first-order chi connectivity index (χ1) is 30.0. The molecule has 4 rings (SSSR count). The van der Waals surface area contributed by atoms with Gasteiger partial charge in [-0.3, -0.25) is 19.1 Å². The van der Waals surface area contributed by atoms with Crippen molar-refractivity contribution in [2.75, 3.05) is 13.2 Å². The SMILES string of the molecule is CCCCC(CC)COC(=O)CC(C(=O)OCC(CC)CCCC)S(=O)(=O)[O-].O=S(=O)([O-])c1ccc(-c2nnc(-c3ccccn3)nc2-c2ccc(S(=O)(=O)O)cc2)cc1.O=[P+](O)O.[Na+].[Na+]. The Hall–Kier alpha value is -2.71. The van der Waals surface area contributed by atoms with E-state index in [1.54, 1.807) is 24.4 Å². The van der Waals surface area contributed by atoms with Gasteiger partial charge in [0.2, 0.25) is 5.82 Å². The zero-order valence-corrected chi connectivity index (χ0v) is 44.9. The van der Waals surface area contributed by atoms with E-state index < -0.39 is 67.1 Å². The zero-order valence-electron chi connectivity index (χ0n) is 37.5. The van der Waals surface area contributed by atoms with E-state index in [1.165, 1.54) is 36.4 Å². The average molecular weight is 1020 g/mol. The fraction of sp³-hybridized carbons (Fsp3) is 0.450. The molecule has 0 saturated heterocycles. The van der Waals surface area contributed by atoms with Gasteiger partial charge in [-0.05, 0) is 61.1 Å². The number of pyridine rings is 1. The molecule has 4 aromatic rings. The molecule has 0 spiro atoms. The van der Waals surface area contributed by atoms with Gasteiger partial charge in [0.05, 0.1) is 29.4 Å². The van der Waals surface area contributed by atoms with Gasteiger partial charge in [-0.25, -0.2) is 21.8 Å². The maximum absolute atomic E-state index is 12.1. The number of hydrogen-bond donors (Lipinski definition) is 3. The second kappa shape index (κ2) is 31.4. The minimum Gasteiger partial charge on any atom is -0.747 e. The summed E-state index contributed by atoms with van der Waals surface area (Å²) in [6.07, 6.45) is 8.15. The van der Waals surface area contributed by atoms with Gasteiger partial charge in [-0.15, -0.1) is 20.0 Å². The largest absolute Gasteiger partial charge is 1.00 e. The van der Waals surface area contributed by atoms with Crippen LogP contribution in [0.15, 0.2) is 82.7 Å². The first-order valence-electron chi connectivity index (χ1n) is 20.0. The molecule has 26 heteroatoms. The molecule has 0 bridgehead atoms. The van der Waals surface area contributed by atoms with Gasteiger partial charge in [0, 0.05) is 21.9 Å². The van der Waals surface area contributed by atoms with Crippen LogP contribution in [0.2, 0.25) is 0 Å². The maximum atomic E-state index is 12.1. The predicted octanol–water partition coefficient (Wildman–Crippen LogP) is -0.136. The van der Waals surface area contributed by atoms with Crippen molar-refractivity contribution in [1.29, 1.82) is 0 Å². The Labute approximate surface area is 430 Å². The average Bonchev–Trinajstić information content (AvgIpc) is 3.25. The summed E-state index contributed by atoms with van der Waals surface area (Å²) in [5.74, 6) is -1.53. The van der Waals surface area contributed by atoms with Crippen molar-refractivity contribution >= 4 is 50.5 Å². The first-order valence-corrected chi connectivity index (χ1v) is 25.5. The smallest absolute Gasteiger partial charge is 0.747 e. The summed E-state index contributed by atoms with van der Waals surface area (Å²) >= 11 is 0. The van der Waals surface area contributed by atoms with Crippen molar-refractivity contribution in [2.24, 2.45) is 11.8 Å². The topological polar surface area (TPSA) is 330 Å². The van der Waals surface area contributed by atoms with E-state index in [9.17, 15) is 48.5 Å². The molecular formula is C40H52N4Na2O16PS3+. The van der Waals surface area contributed by atoms with E-state index in [0.717, 1.165) is 63.5 Å². The van der Waals surface area contributed by atoms with E-state index in [0.29, 0.717) is 22.5 Å². The van der Waals surface area contributed by atoms with Crippen LogP contribution in [0, 0.1) is 11.8 Å². The van der Waals surface area contributed by atoms with Crippen LogP contribution in [-0.2, 0) is 54.0 Å². The molecule has 3 unspecified atom stereocenters. The van der Waals surface area contributed by atoms with E-state index >= 15 is 0 Å². The molecule has 66 heavy (non-hydrogen) atoms. The molecule has 3 N–H and O–H groups in total. The van der Waals surface area contributed by atoms with Crippen molar-refractivity contribution in [3.63, 3.8) is 0 Å². The fourth-order valence-electron chi connectivity index (χ4n) is 5.70. The summed E-state index contributed by atoms with van der Waals surface area (Å²) in [4.78, 5) is 46.4. The van der Waals surface area contributed by atoms with Crippen LogP contribution in [0.1, 0.15) is 85.5 Å². The fourth-order valence-corrected chi connectivity index (χ4v) is 7.30. The number of esters is 2. The summed E-state index contributed by atoms with van der Waals surface area (Å²) in [6, 6.07) is 15.6. The molecule has 20 nitrogen and oxygen atoms in total. The second-order valence-electron chi connectivity index (χ2n) is 14.1. The zero-order chi connectivity index (χ0) is 48.1. The monoisotopic (exact) mass is 1020 g/mol.